The molecule has 3 aromatic rings. The van der Waals surface area contributed by atoms with Crippen molar-refractivity contribution in [1.82, 2.24) is 5.32 Å². The summed E-state index contributed by atoms with van der Waals surface area (Å²) < 4.78 is 12.4. The monoisotopic (exact) mass is 416 g/mol. The fourth-order valence-corrected chi connectivity index (χ4v) is 4.92. The van der Waals surface area contributed by atoms with Crippen molar-refractivity contribution in [1.29, 1.82) is 0 Å². The van der Waals surface area contributed by atoms with Crippen molar-refractivity contribution in [2.24, 2.45) is 0 Å². The number of phenols is 2. The van der Waals surface area contributed by atoms with Gasteiger partial charge in [-0.1, -0.05) is 18.2 Å². The van der Waals surface area contributed by atoms with E-state index in [0.717, 1.165) is 37.4 Å². The van der Waals surface area contributed by atoms with Crippen LogP contribution in [0.15, 0.2) is 54.6 Å². The number of nitrogens with zero attached hydrogens (tertiary/aromatic N) is 1. The molecule has 3 heterocycles. The summed E-state index contributed by atoms with van der Waals surface area (Å²) in [6, 6.07) is 15.4. The Morgan fingerprint density at radius 1 is 0.903 bits per heavy atom. The summed E-state index contributed by atoms with van der Waals surface area (Å²) in [6.07, 6.45) is 0. The molecule has 7 heteroatoms. The van der Waals surface area contributed by atoms with Gasteiger partial charge in [-0.15, -0.1) is 0 Å². The van der Waals surface area contributed by atoms with E-state index >= 15 is 0 Å². The van der Waals surface area contributed by atoms with Crippen LogP contribution in [0, 0.1) is 0 Å². The van der Waals surface area contributed by atoms with E-state index in [2.05, 4.69) is 10.2 Å². The molecule has 1 fully saturated rings. The molecule has 156 valence electrons. The summed E-state index contributed by atoms with van der Waals surface area (Å²) in [4.78, 5) is 15.2. The van der Waals surface area contributed by atoms with Gasteiger partial charge in [0, 0.05) is 55.5 Å². The van der Waals surface area contributed by atoms with Crippen LogP contribution >= 0.6 is 0 Å². The van der Waals surface area contributed by atoms with Crippen molar-refractivity contribution in [2.75, 3.05) is 31.1 Å². The third kappa shape index (κ3) is 2.47. The van der Waals surface area contributed by atoms with E-state index in [0.29, 0.717) is 28.2 Å². The Bertz CT molecular complexity index is 1230. The van der Waals surface area contributed by atoms with Crippen LogP contribution in [0.25, 0.3) is 0 Å². The maximum Gasteiger partial charge on any atom is 0.340 e. The first-order chi connectivity index (χ1) is 15.1. The zero-order valence-corrected chi connectivity index (χ0v) is 16.6. The van der Waals surface area contributed by atoms with Gasteiger partial charge in [0.1, 0.15) is 23.0 Å². The molecule has 0 saturated carbocycles. The van der Waals surface area contributed by atoms with Crippen molar-refractivity contribution in [2.45, 2.75) is 5.60 Å². The molecule has 7 nitrogen and oxygen atoms in total. The summed E-state index contributed by atoms with van der Waals surface area (Å²) >= 11 is 0. The number of hydrogen-bond acceptors (Lipinski definition) is 7. The second kappa shape index (κ2) is 6.39. The molecule has 3 aliphatic heterocycles. The van der Waals surface area contributed by atoms with E-state index < -0.39 is 11.6 Å². The van der Waals surface area contributed by atoms with Crippen LogP contribution in [0.3, 0.4) is 0 Å². The fourth-order valence-electron chi connectivity index (χ4n) is 4.92. The number of anilines is 1. The highest BCUT2D eigenvalue weighted by Gasteiger charge is 2.55. The van der Waals surface area contributed by atoms with Crippen molar-refractivity contribution < 1.29 is 24.5 Å². The molecule has 0 radical (unpaired) electrons. The average Bonchev–Trinajstić information content (AvgIpc) is 3.06. The zero-order valence-electron chi connectivity index (χ0n) is 16.6. The number of aromatic hydroxyl groups is 2. The van der Waals surface area contributed by atoms with E-state index in [-0.39, 0.29) is 11.5 Å². The van der Waals surface area contributed by atoms with Crippen LogP contribution in [0.2, 0.25) is 0 Å². The maximum atomic E-state index is 13.0. The minimum atomic E-state index is -1.24. The smallest absolute Gasteiger partial charge is 0.340 e. The normalized spacial score (nSPS) is 21.2. The Balaban J connectivity index is 1.71. The Labute approximate surface area is 178 Å². The number of rotatable bonds is 1. The molecule has 0 amide bonds. The summed E-state index contributed by atoms with van der Waals surface area (Å²) in [6.45, 7) is 3.09. The first-order valence-corrected chi connectivity index (χ1v) is 10.3. The molecule has 1 atom stereocenters. The van der Waals surface area contributed by atoms with Crippen molar-refractivity contribution in [3.8, 4) is 23.0 Å². The van der Waals surface area contributed by atoms with Gasteiger partial charge in [0.05, 0.1) is 16.8 Å². The average molecular weight is 416 g/mol. The van der Waals surface area contributed by atoms with Crippen LogP contribution in [-0.2, 0) is 10.3 Å². The van der Waals surface area contributed by atoms with Gasteiger partial charge in [-0.2, -0.15) is 0 Å². The van der Waals surface area contributed by atoms with Gasteiger partial charge in [0.25, 0.3) is 0 Å². The SMILES string of the molecule is O=C1OC2(c3ccc(O)cc3Oc3cc(O)cc(N4CCNCC4)c32)c2ccccc21. The van der Waals surface area contributed by atoms with Gasteiger partial charge < -0.3 is 29.9 Å². The molecule has 3 aromatic carbocycles. The molecule has 1 saturated heterocycles. The van der Waals surface area contributed by atoms with Crippen LogP contribution in [0.1, 0.15) is 27.0 Å². The molecule has 3 N–H and O–H groups in total. The Morgan fingerprint density at radius 2 is 1.68 bits per heavy atom. The summed E-state index contributed by atoms with van der Waals surface area (Å²) in [5.41, 5.74) is 2.06. The quantitative estimate of drug-likeness (QED) is 0.525. The number of esters is 1. The lowest BCUT2D eigenvalue weighted by Gasteiger charge is -2.41. The highest BCUT2D eigenvalue weighted by molar-refractivity contribution is 5.97. The van der Waals surface area contributed by atoms with Crippen LogP contribution < -0.4 is 15.0 Å². The largest absolute Gasteiger partial charge is 0.508 e. The number of carbonyl (C=O) groups is 1. The number of phenolic OH excluding ortho intramolecular Hbond substituents is 2. The molecule has 6 rings (SSSR count). The number of ether oxygens (including phenoxy) is 2. The predicted molar refractivity (Wildman–Crippen MR) is 113 cm³/mol. The number of fused-ring (bicyclic) bond motifs is 6. The van der Waals surface area contributed by atoms with Crippen LogP contribution in [-0.4, -0.2) is 42.4 Å². The number of nitrogens with one attached hydrogen (secondary N) is 1. The number of piperazine rings is 1. The standard InChI is InChI=1S/C24H20N2O5/c27-14-5-6-18-20(12-14)30-21-13-15(28)11-19(26-9-7-25-8-10-26)22(21)24(18)17-4-2-1-3-16(17)23(29)31-24/h1-6,11-13,25,27-28H,7-10H2. The van der Waals surface area contributed by atoms with Gasteiger partial charge in [-0.25, -0.2) is 4.79 Å². The van der Waals surface area contributed by atoms with Crippen LogP contribution in [0.4, 0.5) is 5.69 Å². The van der Waals surface area contributed by atoms with Crippen molar-refractivity contribution in [3.63, 3.8) is 0 Å². The lowest BCUT2D eigenvalue weighted by molar-refractivity contribution is 0.0225. The molecule has 1 spiro atoms. The van der Waals surface area contributed by atoms with Gasteiger partial charge in [-0.3, -0.25) is 0 Å². The van der Waals surface area contributed by atoms with Crippen molar-refractivity contribution in [3.05, 3.63) is 76.9 Å². The van der Waals surface area contributed by atoms with Gasteiger partial charge in [-0.05, 0) is 18.2 Å². The van der Waals surface area contributed by atoms with E-state index in [1.807, 2.05) is 18.2 Å². The highest BCUT2D eigenvalue weighted by Crippen LogP contribution is 2.59. The second-order valence-corrected chi connectivity index (χ2v) is 7.97. The summed E-state index contributed by atoms with van der Waals surface area (Å²) in [7, 11) is 0. The third-order valence-corrected chi connectivity index (χ3v) is 6.21. The molecule has 3 aliphatic rings. The number of benzene rings is 3. The molecule has 0 aliphatic carbocycles. The molecular weight excluding hydrogens is 396 g/mol. The molecule has 1 unspecified atom stereocenters. The lowest BCUT2D eigenvalue weighted by atomic mass is 9.76. The Kier molecular flexibility index (Phi) is 3.73. The summed E-state index contributed by atoms with van der Waals surface area (Å²) in [5.74, 6) is 0.466. The predicted octanol–water partition coefficient (Wildman–Crippen LogP) is 3.08. The van der Waals surface area contributed by atoms with E-state index in [1.54, 1.807) is 24.3 Å². The minimum Gasteiger partial charge on any atom is -0.508 e. The van der Waals surface area contributed by atoms with Gasteiger partial charge in [0.15, 0.2) is 5.60 Å². The number of hydrogen-bond donors (Lipinski definition) is 3. The first kappa shape index (κ1) is 18.1. The second-order valence-electron chi connectivity index (χ2n) is 7.97. The maximum absolute atomic E-state index is 13.0. The molecule has 0 aromatic heterocycles. The number of carbonyl (C=O) groups excluding carboxylic acids is 1. The van der Waals surface area contributed by atoms with Gasteiger partial charge >= 0.3 is 5.97 Å². The van der Waals surface area contributed by atoms with E-state index in [4.69, 9.17) is 9.47 Å². The topological polar surface area (TPSA) is 91.3 Å². The highest BCUT2D eigenvalue weighted by atomic mass is 16.6. The Morgan fingerprint density at radius 3 is 2.52 bits per heavy atom. The molecular formula is C24H20N2O5. The van der Waals surface area contributed by atoms with E-state index in [1.165, 1.54) is 12.1 Å². The fraction of sp³-hybridized carbons (Fsp3) is 0.208. The first-order valence-electron chi connectivity index (χ1n) is 10.3. The zero-order chi connectivity index (χ0) is 21.2. The van der Waals surface area contributed by atoms with Crippen LogP contribution in [0.5, 0.6) is 23.0 Å². The van der Waals surface area contributed by atoms with Gasteiger partial charge in [0.2, 0.25) is 0 Å². The Hall–Kier alpha value is -3.71. The summed E-state index contributed by atoms with van der Waals surface area (Å²) in [5, 5.41) is 23.9. The third-order valence-electron chi connectivity index (χ3n) is 6.21. The molecule has 31 heavy (non-hydrogen) atoms. The molecule has 0 bridgehead atoms. The minimum absolute atomic E-state index is 0.0393. The lowest BCUT2D eigenvalue weighted by Crippen LogP contribution is -2.45. The van der Waals surface area contributed by atoms with Crippen molar-refractivity contribution >= 4 is 11.7 Å². The van der Waals surface area contributed by atoms with E-state index in [9.17, 15) is 15.0 Å².